The van der Waals surface area contributed by atoms with Gasteiger partial charge in [0.25, 0.3) is 0 Å². The van der Waals surface area contributed by atoms with Crippen molar-refractivity contribution in [2.75, 3.05) is 19.6 Å². The average Bonchev–Trinajstić information content (AvgIpc) is 1.60. The molecular weight excluding hydrogens is 1400 g/mol. The van der Waals surface area contributed by atoms with E-state index in [1.165, 1.54) is 154 Å². The molecule has 0 heterocycles. The first kappa shape index (κ1) is 66.4. The first-order valence-corrected chi connectivity index (χ1v) is 40.0. The Balaban J connectivity index is 0.000000137. The first-order valence-electron chi connectivity index (χ1n) is 40.0. The van der Waals surface area contributed by atoms with Gasteiger partial charge in [-0.1, -0.05) is 291 Å². The van der Waals surface area contributed by atoms with Gasteiger partial charge in [0.15, 0.2) is 0 Å². The molecular formula is C112H72N4. The molecule has 0 spiro atoms. The number of fused-ring (bicyclic) bond motifs is 12. The van der Waals surface area contributed by atoms with Crippen LogP contribution in [-0.4, -0.2) is 0 Å². The fraction of sp³-hybridized carbons (Fsp3) is 0. The minimum atomic E-state index is 1.12. The summed E-state index contributed by atoms with van der Waals surface area (Å²) < 4.78 is 0. The second-order valence-electron chi connectivity index (χ2n) is 30.6. The lowest BCUT2D eigenvalue weighted by molar-refractivity contribution is 1.28. The van der Waals surface area contributed by atoms with Crippen LogP contribution in [0.2, 0.25) is 0 Å². The molecule has 20 aromatic rings. The Hall–Kier alpha value is -15.4. The molecule has 4 aliphatic carbocycles. The van der Waals surface area contributed by atoms with Gasteiger partial charge in [0.05, 0.1) is 0 Å². The van der Waals surface area contributed by atoms with E-state index in [-0.39, 0.29) is 0 Å². The Morgan fingerprint density at radius 2 is 0.267 bits per heavy atom. The fourth-order valence-corrected chi connectivity index (χ4v) is 19.0. The van der Waals surface area contributed by atoms with Gasteiger partial charge in [-0.2, -0.15) is 0 Å². The Bertz CT molecular complexity index is 6380. The summed E-state index contributed by atoms with van der Waals surface area (Å²) in [7, 11) is 0. The second-order valence-corrected chi connectivity index (χ2v) is 30.6. The van der Waals surface area contributed by atoms with Crippen LogP contribution in [0.15, 0.2) is 437 Å². The number of nitrogens with zero attached hydrogens (tertiary/aromatic N) is 4. The largest absolute Gasteiger partial charge is 0.310 e. The van der Waals surface area contributed by atoms with E-state index < -0.39 is 0 Å². The average molecular weight is 1470 g/mol. The third-order valence-electron chi connectivity index (χ3n) is 24.2. The van der Waals surface area contributed by atoms with Crippen LogP contribution in [0.1, 0.15) is 0 Å². The van der Waals surface area contributed by atoms with Gasteiger partial charge in [-0.25, -0.2) is 0 Å². The smallest absolute Gasteiger partial charge is 0.0468 e. The quantitative estimate of drug-likeness (QED) is 0.108. The van der Waals surface area contributed by atoms with E-state index in [1.807, 2.05) is 0 Å². The lowest BCUT2D eigenvalue weighted by Gasteiger charge is -2.27. The van der Waals surface area contributed by atoms with Crippen LogP contribution >= 0.6 is 0 Å². The van der Waals surface area contributed by atoms with Gasteiger partial charge in [0, 0.05) is 68.2 Å². The Labute approximate surface area is 674 Å². The van der Waals surface area contributed by atoms with Gasteiger partial charge >= 0.3 is 0 Å². The molecule has 20 aromatic carbocycles. The van der Waals surface area contributed by atoms with Crippen LogP contribution in [0.3, 0.4) is 0 Å². The number of hydrogen-bond donors (Lipinski definition) is 0. The number of anilines is 12. The van der Waals surface area contributed by atoms with Gasteiger partial charge in [-0.3, -0.25) is 0 Å². The Kier molecular flexibility index (Phi) is 15.6. The minimum absolute atomic E-state index is 1.12. The molecule has 4 nitrogen and oxygen atoms in total. The molecule has 0 aliphatic heterocycles. The topological polar surface area (TPSA) is 13.0 Å². The molecule has 0 unspecified atom stereocenters. The van der Waals surface area contributed by atoms with Gasteiger partial charge in [-0.05, 0) is 300 Å². The third kappa shape index (κ3) is 11.0. The van der Waals surface area contributed by atoms with E-state index in [9.17, 15) is 0 Å². The molecule has 24 rings (SSSR count). The molecule has 0 bridgehead atoms. The van der Waals surface area contributed by atoms with Crippen molar-refractivity contribution in [1.82, 2.24) is 0 Å². The van der Waals surface area contributed by atoms with Crippen LogP contribution in [0.25, 0.3) is 154 Å². The molecule has 0 saturated carbocycles. The number of rotatable bonds is 14. The third-order valence-corrected chi connectivity index (χ3v) is 24.2. The zero-order valence-electron chi connectivity index (χ0n) is 63.4. The van der Waals surface area contributed by atoms with Crippen molar-refractivity contribution in [3.8, 4) is 111 Å². The molecule has 0 saturated heterocycles. The summed E-state index contributed by atoms with van der Waals surface area (Å²) in [5.74, 6) is 0. The maximum Gasteiger partial charge on any atom is 0.0468 e. The van der Waals surface area contributed by atoms with Crippen LogP contribution < -0.4 is 19.6 Å². The molecule has 540 valence electrons. The summed E-state index contributed by atoms with van der Waals surface area (Å²) in [6, 6.07) is 160. The summed E-state index contributed by atoms with van der Waals surface area (Å²) >= 11 is 0. The van der Waals surface area contributed by atoms with E-state index in [1.54, 1.807) is 0 Å². The summed E-state index contributed by atoms with van der Waals surface area (Å²) in [6.07, 6.45) is 0. The highest BCUT2D eigenvalue weighted by Gasteiger charge is 2.29. The molecule has 0 fully saturated rings. The molecule has 4 aliphatic rings. The van der Waals surface area contributed by atoms with Crippen molar-refractivity contribution in [2.45, 2.75) is 0 Å². The molecule has 116 heavy (non-hydrogen) atoms. The lowest BCUT2D eigenvalue weighted by Crippen LogP contribution is -2.10. The SMILES string of the molecule is c1ccc(N(c2ccc(-c3ccc(N(c4ccccc4)c4ccc5c(c4)-c4cccc6cccc-5c46)cc3)cc2)c2ccc3c(c2)-c2cccc4cccc-3c24)cc1.c1ccc(N(c2ccc(-c3ccc(N(c4ccccc4)c4ccc5c(c4)-c4cccc6cccc-5c46)cc3)cc2)c2ccc3c(c2)-c2cccc4cccc-3c24)cc1. The zero-order chi connectivity index (χ0) is 76.3. The van der Waals surface area contributed by atoms with E-state index in [2.05, 4.69) is 456 Å². The first-order chi connectivity index (χ1) is 57.5. The predicted molar refractivity (Wildman–Crippen MR) is 490 cm³/mol. The van der Waals surface area contributed by atoms with E-state index in [0.29, 0.717) is 0 Å². The van der Waals surface area contributed by atoms with Crippen LogP contribution in [-0.2, 0) is 0 Å². The predicted octanol–water partition coefficient (Wildman–Crippen LogP) is 31.8. The number of para-hydroxylation sites is 4. The molecule has 0 radical (unpaired) electrons. The normalized spacial score (nSPS) is 11.8. The monoisotopic (exact) mass is 1470 g/mol. The molecule has 4 heteroatoms. The molecule has 0 amide bonds. The van der Waals surface area contributed by atoms with Crippen LogP contribution in [0.4, 0.5) is 68.2 Å². The minimum Gasteiger partial charge on any atom is -0.310 e. The Morgan fingerprint density at radius 3 is 0.457 bits per heavy atom. The van der Waals surface area contributed by atoms with Crippen LogP contribution in [0.5, 0.6) is 0 Å². The van der Waals surface area contributed by atoms with Crippen molar-refractivity contribution in [2.24, 2.45) is 0 Å². The van der Waals surface area contributed by atoms with Gasteiger partial charge < -0.3 is 19.6 Å². The van der Waals surface area contributed by atoms with E-state index in [4.69, 9.17) is 0 Å². The summed E-state index contributed by atoms with van der Waals surface area (Å²) in [6.45, 7) is 0. The lowest BCUT2D eigenvalue weighted by atomic mass is 10.0. The van der Waals surface area contributed by atoms with Gasteiger partial charge in [-0.15, -0.1) is 0 Å². The Morgan fingerprint density at radius 1 is 0.103 bits per heavy atom. The number of hydrogen-bond acceptors (Lipinski definition) is 4. The van der Waals surface area contributed by atoms with Crippen molar-refractivity contribution in [1.29, 1.82) is 0 Å². The summed E-state index contributed by atoms with van der Waals surface area (Å²) in [5, 5.41) is 10.5. The van der Waals surface area contributed by atoms with E-state index in [0.717, 1.165) is 68.2 Å². The summed E-state index contributed by atoms with van der Waals surface area (Å²) in [4.78, 5) is 9.46. The highest BCUT2D eigenvalue weighted by atomic mass is 15.2. The summed E-state index contributed by atoms with van der Waals surface area (Å²) in [5.41, 5.74) is 39.1. The van der Waals surface area contributed by atoms with Crippen LogP contribution in [0, 0.1) is 0 Å². The zero-order valence-corrected chi connectivity index (χ0v) is 63.4. The number of benzene rings is 20. The fourth-order valence-electron chi connectivity index (χ4n) is 19.0. The highest BCUT2D eigenvalue weighted by Crippen LogP contribution is 2.55. The molecule has 0 N–H and O–H groups in total. The van der Waals surface area contributed by atoms with Crippen molar-refractivity contribution >= 4 is 111 Å². The maximum atomic E-state index is 2.36. The van der Waals surface area contributed by atoms with Crippen molar-refractivity contribution in [3.05, 3.63) is 437 Å². The standard InChI is InChI=1S/2C56H36N2/c2*1-3-15-41(16-4-1)57(45-31-33-47-49-19-7-11-39-13-9-21-51(55(39)49)53(47)35-45)43-27-23-37(24-28-43)38-25-29-44(30-26-38)58(42-17-5-2-6-18-42)46-32-34-48-50-20-8-12-40-14-10-22-52(56(40)50)54(48)36-46/h2*1-36H. The second kappa shape index (κ2) is 27.2. The molecule has 0 aromatic heterocycles. The maximum absolute atomic E-state index is 2.36. The van der Waals surface area contributed by atoms with Gasteiger partial charge in [0.1, 0.15) is 0 Å². The van der Waals surface area contributed by atoms with E-state index >= 15 is 0 Å². The van der Waals surface area contributed by atoms with Crippen molar-refractivity contribution < 1.29 is 0 Å². The van der Waals surface area contributed by atoms with Gasteiger partial charge in [0.2, 0.25) is 0 Å². The van der Waals surface area contributed by atoms with Crippen molar-refractivity contribution in [3.63, 3.8) is 0 Å². The highest BCUT2D eigenvalue weighted by molar-refractivity contribution is 6.20. The molecule has 0 atom stereocenters.